The molecule has 0 radical (unpaired) electrons. The molecule has 7 aromatic heterocycles. The number of rotatable bonds is 14. The van der Waals surface area contributed by atoms with E-state index in [1.165, 1.54) is 73.2 Å². The summed E-state index contributed by atoms with van der Waals surface area (Å²) in [7, 11) is 0. The van der Waals surface area contributed by atoms with Crippen LogP contribution in [-0.2, 0) is 4.74 Å². The SMILES string of the molecule is C.CCOC(=O)c1cnc2ccc(N3CCCC3c3cc(F)cc4c3OCCO4)cn12.Fc1cc2c(c(C3CCCN3)c1)OCCO2.Nc1ccc(N2CCCC2c2cc(F)cc3c2OCCO3)cn1.O=C(O)c1cnc2ccc(N3CCCC3c3cc(F)cc4c3OCCO4)cn12.O=[N+]([O-])c1ccc(F)cn1.O=[N+]([O-])c1ccc(N2CCCC2c2cc(F)cc3c2OCCO3)cn1.[Li+].[OH-]. The van der Waals surface area contributed by atoms with Crippen LogP contribution in [0.2, 0.25) is 0 Å². The molecule has 0 aliphatic carbocycles. The van der Waals surface area contributed by atoms with Gasteiger partial charge in [0.1, 0.15) is 112 Å². The van der Waals surface area contributed by atoms with E-state index in [2.05, 4.69) is 49.8 Å². The zero-order valence-corrected chi connectivity index (χ0v) is 72.9. The molecule has 0 saturated carbocycles. The number of carbonyl (C=O) groups excluding carboxylic acids is 1. The van der Waals surface area contributed by atoms with Gasteiger partial charge in [-0.1, -0.05) is 7.43 Å². The summed E-state index contributed by atoms with van der Waals surface area (Å²) >= 11 is 0. The zero-order valence-electron chi connectivity index (χ0n) is 72.9. The van der Waals surface area contributed by atoms with Crippen molar-refractivity contribution in [3.8, 4) is 57.5 Å². The molecule has 135 heavy (non-hydrogen) atoms. The number of halogens is 6. The van der Waals surface area contributed by atoms with E-state index in [0.717, 1.165) is 166 Å². The summed E-state index contributed by atoms with van der Waals surface area (Å²) in [5.41, 5.74) is 14.9. The monoisotopic (exact) mass is 1860 g/mol. The number of nitrogens with zero attached hydrogens (tertiary/aromatic N) is 13. The predicted octanol–water partition coefficient (Wildman–Crippen LogP) is 13.8. The van der Waals surface area contributed by atoms with Gasteiger partial charge in [0.25, 0.3) is 0 Å². The molecule has 0 amide bonds. The van der Waals surface area contributed by atoms with Crippen molar-refractivity contribution in [2.24, 2.45) is 0 Å². The van der Waals surface area contributed by atoms with Crippen LogP contribution >= 0.6 is 0 Å². The third-order valence-corrected chi connectivity index (χ3v) is 23.7. The van der Waals surface area contributed by atoms with Gasteiger partial charge < -0.3 is 114 Å². The summed E-state index contributed by atoms with van der Waals surface area (Å²) in [5.74, 6) is 1.84. The van der Waals surface area contributed by atoms with E-state index in [1.807, 2.05) is 30.5 Å². The minimum absolute atomic E-state index is 0. The fourth-order valence-electron chi connectivity index (χ4n) is 18.0. The van der Waals surface area contributed by atoms with Crippen molar-refractivity contribution in [3.05, 3.63) is 259 Å². The predicted molar refractivity (Wildman–Crippen MR) is 477 cm³/mol. The molecule has 12 aromatic rings. The molecule has 5 atom stereocenters. The Morgan fingerprint density at radius 2 is 0.770 bits per heavy atom. The molecular weight excluding hydrogens is 1760 g/mol. The van der Waals surface area contributed by atoms with Gasteiger partial charge in [-0.3, -0.25) is 8.80 Å². The molecule has 17 heterocycles. The van der Waals surface area contributed by atoms with Crippen LogP contribution in [0, 0.1) is 55.1 Å². The number of hydrogen-bond donors (Lipinski definition) is 3. The first kappa shape index (κ1) is 96.8. The number of anilines is 5. The van der Waals surface area contributed by atoms with E-state index in [0.29, 0.717) is 153 Å². The van der Waals surface area contributed by atoms with Crippen molar-refractivity contribution in [2.45, 2.75) is 109 Å². The topological polar surface area (TPSA) is 396 Å². The largest absolute Gasteiger partial charge is 1.00 e. The number of hydrogen-bond acceptors (Lipinski definition) is 29. The second kappa shape index (κ2) is 43.6. The summed E-state index contributed by atoms with van der Waals surface area (Å²) < 4.78 is 147. The number of nitrogen functional groups attached to an aromatic ring is 1. The number of fused-ring (bicyclic) bond motifs is 7. The van der Waals surface area contributed by atoms with E-state index in [9.17, 15) is 61.3 Å². The van der Waals surface area contributed by atoms with Crippen molar-refractivity contribution in [1.29, 1.82) is 0 Å². The van der Waals surface area contributed by atoms with Gasteiger partial charge in [-0.2, -0.15) is 0 Å². The smallest absolute Gasteiger partial charge is 0.870 e. The van der Waals surface area contributed by atoms with Crippen LogP contribution in [0.25, 0.3) is 11.3 Å². The quantitative estimate of drug-likeness (QED) is 0.0299. The van der Waals surface area contributed by atoms with Crippen LogP contribution in [0.5, 0.6) is 57.5 Å². The summed E-state index contributed by atoms with van der Waals surface area (Å²) in [4.78, 5) is 71.5. The maximum Gasteiger partial charge on any atom is 1.00 e. The number of benzene rings is 5. The molecule has 5 saturated heterocycles. The third-order valence-electron chi connectivity index (χ3n) is 23.7. The Labute approximate surface area is 781 Å². The van der Waals surface area contributed by atoms with Crippen molar-refractivity contribution < 1.29 is 127 Å². The molecule has 0 spiro atoms. The van der Waals surface area contributed by atoms with Crippen molar-refractivity contribution in [1.82, 2.24) is 39.0 Å². The van der Waals surface area contributed by atoms with E-state index in [-0.39, 0.29) is 108 Å². The number of nitrogens with two attached hydrogens (primary N) is 1. The molecule has 41 heteroatoms. The Balaban J connectivity index is 0.000000132. The third kappa shape index (κ3) is 21.7. The Bertz CT molecular complexity index is 6230. The number of carboxylic acid groups (broad SMARTS) is 1. The summed E-state index contributed by atoms with van der Waals surface area (Å²) in [6.07, 6.45) is 20.0. The number of carbonyl (C=O) groups is 2. The molecule has 10 aliphatic heterocycles. The van der Waals surface area contributed by atoms with Crippen LogP contribution in [-0.4, -0.2) is 171 Å². The first-order chi connectivity index (χ1) is 64.2. The van der Waals surface area contributed by atoms with E-state index in [4.69, 9.17) is 57.8 Å². The van der Waals surface area contributed by atoms with Gasteiger partial charge in [0.2, 0.25) is 0 Å². The second-order valence-corrected chi connectivity index (χ2v) is 31.9. The first-order valence-corrected chi connectivity index (χ1v) is 43.3. The Morgan fingerprint density at radius 1 is 0.430 bits per heavy atom. The van der Waals surface area contributed by atoms with Crippen molar-refractivity contribution in [3.63, 3.8) is 0 Å². The fourth-order valence-corrected chi connectivity index (χ4v) is 18.0. The molecule has 34 nitrogen and oxygen atoms in total. The number of ether oxygens (including phenoxy) is 11. The number of imidazole rings is 2. The van der Waals surface area contributed by atoms with Crippen molar-refractivity contribution in [2.75, 3.05) is 131 Å². The molecule has 0 bridgehead atoms. The van der Waals surface area contributed by atoms with Crippen molar-refractivity contribution >= 4 is 63.4 Å². The van der Waals surface area contributed by atoms with E-state index in [1.54, 1.807) is 58.5 Å². The van der Waals surface area contributed by atoms with Crippen LogP contribution in [0.4, 0.5) is 66.5 Å². The van der Waals surface area contributed by atoms with Crippen LogP contribution < -0.4 is 96.9 Å². The number of carboxylic acids is 1. The first-order valence-electron chi connectivity index (χ1n) is 43.3. The van der Waals surface area contributed by atoms with Crippen LogP contribution in [0.3, 0.4) is 0 Å². The normalized spacial score (nSPS) is 18.3. The van der Waals surface area contributed by atoms with E-state index >= 15 is 0 Å². The Morgan fingerprint density at radius 3 is 1.11 bits per heavy atom. The minimum atomic E-state index is -1.03. The number of nitrogens with one attached hydrogen (secondary N) is 1. The average Bonchev–Trinajstić information content (AvgIpc) is 1.68. The van der Waals surface area contributed by atoms with Crippen LogP contribution in [0.15, 0.2) is 165 Å². The number of pyridine rings is 5. The summed E-state index contributed by atoms with van der Waals surface area (Å²) in [5, 5.41) is 33.4. The van der Waals surface area contributed by atoms with Gasteiger partial charge in [-0.05, 0) is 176 Å². The Hall–Kier alpha value is -14.2. The minimum Gasteiger partial charge on any atom is -0.870 e. The number of aromatic carboxylic acids is 1. The number of esters is 1. The van der Waals surface area contributed by atoms with Gasteiger partial charge in [-0.25, -0.2) is 50.9 Å². The molecular formula is C94H96F6LiN15O19. The summed E-state index contributed by atoms with van der Waals surface area (Å²) in [6, 6.07) is 30.8. The molecule has 5 aromatic carbocycles. The van der Waals surface area contributed by atoms with Gasteiger partial charge in [0, 0.05) is 115 Å². The molecule has 22 rings (SSSR count). The van der Waals surface area contributed by atoms with Gasteiger partial charge in [-0.15, -0.1) is 0 Å². The molecule has 10 aliphatic rings. The fraction of sp³-hybridized carbons (Fsp3) is 0.351. The maximum atomic E-state index is 14.3. The molecule has 5 unspecified atom stereocenters. The second-order valence-electron chi connectivity index (χ2n) is 31.9. The van der Waals surface area contributed by atoms with E-state index < -0.39 is 27.6 Å². The molecule has 704 valence electrons. The standard InChI is InChI=1S/C22H22FN3O4.C20H18FN3O4.C17H16FN3O4.C17H18FN3O2.C12H14FNO2.C5H3FN2O2.CH4.Li.H2O/c1-2-28-22(27)18-12-24-20-6-5-15(13-26(18)20)25-7-3-4-17(25)16-10-14(23)11-19-21(16)30-9-8-29-19;21-12-8-14(19-17(9-12)27-6-7-28-19)15-2-1-5-23(15)13-3-4-18-22-10-16(20(25)26)24(18)11-13;18-11-8-13(17-15(9-11)24-6-7-25-17)14-2-1-5-20(14)12-3-4-16(19-10-12)21(22)23;18-11-8-13(17-15(9-11)22-6-7-23-17)14-2-1-5-21(14)12-3-4-16(19)20-10-12;13-8-6-9(10-2-1-3-14-10)12-11(7-8)15-4-5-16-12;6-4-1-2-5(7-3-4)8(9)10;;;/h5-6,10-13,17H,2-4,7-9H2,1H3;3-4,8-11,15H,1-2,5-7H2,(H,25,26);3-4,8-10,14H,1-2,5-7H2;3-4,8-10,14H,1-2,5-7H2,(H2,19,20);6-7,10,14H,1-5H2;1-3H;1H4;;1H2/q;;;;;;;+1;/p-1. The zero-order chi connectivity index (χ0) is 91.6. The number of aromatic nitrogens is 7. The van der Waals surface area contributed by atoms with Gasteiger partial charge in [0.15, 0.2) is 87.1 Å². The number of nitro groups is 2. The summed E-state index contributed by atoms with van der Waals surface area (Å²) in [6.45, 7) is 10.8. The Kier molecular flexibility index (Phi) is 31.3. The van der Waals surface area contributed by atoms with Crippen LogP contribution in [0.1, 0.15) is 158 Å². The van der Waals surface area contributed by atoms with Gasteiger partial charge in [0.05, 0.1) is 72.1 Å². The molecule has 5 N–H and O–H groups in total. The molecule has 5 fully saturated rings. The maximum absolute atomic E-state index is 14.3. The average molecular weight is 1860 g/mol. The van der Waals surface area contributed by atoms with Gasteiger partial charge >= 0.3 is 42.4 Å².